The van der Waals surface area contributed by atoms with E-state index in [1.165, 1.54) is 0 Å². The Morgan fingerprint density at radius 2 is 2.00 bits per heavy atom. The first-order valence-corrected chi connectivity index (χ1v) is 8.71. The van der Waals surface area contributed by atoms with Crippen LogP contribution in [0.4, 0.5) is 0 Å². The summed E-state index contributed by atoms with van der Waals surface area (Å²) in [5.41, 5.74) is 1.15. The zero-order valence-electron chi connectivity index (χ0n) is 14.4. The summed E-state index contributed by atoms with van der Waals surface area (Å²) in [5, 5.41) is 3.38. The van der Waals surface area contributed by atoms with Crippen LogP contribution in [0.25, 0.3) is 0 Å². The summed E-state index contributed by atoms with van der Waals surface area (Å²) in [6, 6.07) is 8.47. The Kier molecular flexibility index (Phi) is 7.34. The van der Waals surface area contributed by atoms with Gasteiger partial charge >= 0.3 is 0 Å². The van der Waals surface area contributed by atoms with Crippen molar-refractivity contribution in [2.45, 2.75) is 25.8 Å². The van der Waals surface area contributed by atoms with E-state index in [1.54, 1.807) is 0 Å². The fourth-order valence-corrected chi connectivity index (χ4v) is 3.48. The Balaban J connectivity index is 0.00000208. The fourth-order valence-electron chi connectivity index (χ4n) is 3.48. The second kappa shape index (κ2) is 9.25. The van der Waals surface area contributed by atoms with Gasteiger partial charge in [0.2, 0.25) is 0 Å². The van der Waals surface area contributed by atoms with Crippen molar-refractivity contribution in [3.05, 3.63) is 29.8 Å². The third-order valence-corrected chi connectivity index (χ3v) is 4.89. The van der Waals surface area contributed by atoms with Crippen LogP contribution in [-0.2, 0) is 11.2 Å². The van der Waals surface area contributed by atoms with Crippen LogP contribution < -0.4 is 10.1 Å². The van der Waals surface area contributed by atoms with Crippen molar-refractivity contribution in [1.29, 1.82) is 0 Å². The number of rotatable bonds is 5. The smallest absolute Gasteiger partial charge is 0.260 e. The lowest BCUT2D eigenvalue weighted by atomic mass is 10.1. The Morgan fingerprint density at radius 3 is 2.75 bits per heavy atom. The third kappa shape index (κ3) is 4.62. The molecule has 2 aliphatic rings. The van der Waals surface area contributed by atoms with E-state index in [1.807, 2.05) is 23.1 Å². The highest BCUT2D eigenvalue weighted by molar-refractivity contribution is 5.85. The maximum absolute atomic E-state index is 12.4. The SMILES string of the molecule is CCc1ccccc1OCC(=O)N1CCC(N2CCNCC2)C1.Cl. The molecule has 134 valence electrons. The number of piperazine rings is 1. The molecule has 2 heterocycles. The minimum Gasteiger partial charge on any atom is -0.483 e. The van der Waals surface area contributed by atoms with Crippen molar-refractivity contribution in [3.8, 4) is 5.75 Å². The number of para-hydroxylation sites is 1. The molecule has 0 aromatic heterocycles. The van der Waals surface area contributed by atoms with E-state index in [4.69, 9.17) is 4.74 Å². The van der Waals surface area contributed by atoms with Crippen molar-refractivity contribution >= 4 is 18.3 Å². The summed E-state index contributed by atoms with van der Waals surface area (Å²) in [6.07, 6.45) is 2.00. The summed E-state index contributed by atoms with van der Waals surface area (Å²) in [7, 11) is 0. The van der Waals surface area contributed by atoms with E-state index in [2.05, 4.69) is 23.2 Å². The number of aryl methyl sites for hydroxylation is 1. The summed E-state index contributed by atoms with van der Waals surface area (Å²) in [4.78, 5) is 16.9. The number of carbonyl (C=O) groups excluding carboxylic acids is 1. The van der Waals surface area contributed by atoms with Crippen LogP contribution in [0.15, 0.2) is 24.3 Å². The molecule has 2 saturated heterocycles. The molecule has 2 fully saturated rings. The van der Waals surface area contributed by atoms with Crippen LogP contribution in [-0.4, -0.2) is 67.6 Å². The maximum Gasteiger partial charge on any atom is 0.260 e. The highest BCUT2D eigenvalue weighted by Crippen LogP contribution is 2.20. The molecule has 1 amide bonds. The van der Waals surface area contributed by atoms with Crippen LogP contribution in [0.2, 0.25) is 0 Å². The van der Waals surface area contributed by atoms with E-state index >= 15 is 0 Å². The second-order valence-electron chi connectivity index (χ2n) is 6.32. The molecule has 0 radical (unpaired) electrons. The molecule has 2 aliphatic heterocycles. The van der Waals surface area contributed by atoms with Gasteiger partial charge in [-0.3, -0.25) is 9.69 Å². The zero-order valence-corrected chi connectivity index (χ0v) is 15.2. The second-order valence-corrected chi connectivity index (χ2v) is 6.32. The van der Waals surface area contributed by atoms with Gasteiger partial charge < -0.3 is 15.0 Å². The molecular weight excluding hydrogens is 326 g/mol. The molecule has 24 heavy (non-hydrogen) atoms. The molecular formula is C18H28ClN3O2. The third-order valence-electron chi connectivity index (χ3n) is 4.89. The predicted molar refractivity (Wildman–Crippen MR) is 98.0 cm³/mol. The van der Waals surface area contributed by atoms with Crippen LogP contribution >= 0.6 is 12.4 Å². The molecule has 3 rings (SSSR count). The lowest BCUT2D eigenvalue weighted by molar-refractivity contribution is -0.132. The summed E-state index contributed by atoms with van der Waals surface area (Å²) in [6.45, 7) is 8.24. The first-order chi connectivity index (χ1) is 11.3. The van der Waals surface area contributed by atoms with Gasteiger partial charge in [-0.05, 0) is 24.5 Å². The van der Waals surface area contributed by atoms with Crippen molar-refractivity contribution in [3.63, 3.8) is 0 Å². The number of likely N-dealkylation sites (tertiary alicyclic amines) is 1. The highest BCUT2D eigenvalue weighted by Gasteiger charge is 2.30. The molecule has 1 atom stereocenters. The molecule has 5 nitrogen and oxygen atoms in total. The van der Waals surface area contributed by atoms with Crippen LogP contribution in [0.1, 0.15) is 18.9 Å². The largest absolute Gasteiger partial charge is 0.483 e. The van der Waals surface area contributed by atoms with Crippen LogP contribution in [0.3, 0.4) is 0 Å². The summed E-state index contributed by atoms with van der Waals surface area (Å²) in [5.74, 6) is 0.940. The monoisotopic (exact) mass is 353 g/mol. The molecule has 1 aromatic carbocycles. The Morgan fingerprint density at radius 1 is 1.25 bits per heavy atom. The fraction of sp³-hybridized carbons (Fsp3) is 0.611. The van der Waals surface area contributed by atoms with Gasteiger partial charge in [0.1, 0.15) is 5.75 Å². The number of carbonyl (C=O) groups is 1. The Bertz CT molecular complexity index is 535. The van der Waals surface area contributed by atoms with Gasteiger partial charge in [-0.2, -0.15) is 0 Å². The lowest BCUT2D eigenvalue weighted by Gasteiger charge is -2.32. The van der Waals surface area contributed by atoms with Gasteiger partial charge in [0, 0.05) is 45.3 Å². The average molecular weight is 354 g/mol. The van der Waals surface area contributed by atoms with E-state index in [-0.39, 0.29) is 24.9 Å². The van der Waals surface area contributed by atoms with Gasteiger partial charge in [0.05, 0.1) is 0 Å². The molecule has 6 heteroatoms. The number of nitrogens with one attached hydrogen (secondary N) is 1. The van der Waals surface area contributed by atoms with Crippen LogP contribution in [0.5, 0.6) is 5.75 Å². The molecule has 0 spiro atoms. The first-order valence-electron chi connectivity index (χ1n) is 8.71. The standard InChI is InChI=1S/C18H27N3O2.ClH/c1-2-15-5-3-4-6-17(15)23-14-18(22)21-10-7-16(13-21)20-11-8-19-9-12-20;/h3-6,16,19H,2,7-14H2,1H3;1H. The summed E-state index contributed by atoms with van der Waals surface area (Å²) < 4.78 is 5.77. The quantitative estimate of drug-likeness (QED) is 0.872. The van der Waals surface area contributed by atoms with E-state index in [9.17, 15) is 4.79 Å². The number of benzene rings is 1. The molecule has 1 unspecified atom stereocenters. The first kappa shape index (κ1) is 19.0. The minimum absolute atomic E-state index is 0. The number of hydrogen-bond donors (Lipinski definition) is 1. The van der Waals surface area contributed by atoms with E-state index in [0.29, 0.717) is 6.04 Å². The highest BCUT2D eigenvalue weighted by atomic mass is 35.5. The summed E-state index contributed by atoms with van der Waals surface area (Å²) >= 11 is 0. The predicted octanol–water partition coefficient (Wildman–Crippen LogP) is 1.56. The van der Waals surface area contributed by atoms with Gasteiger partial charge in [0.15, 0.2) is 6.61 Å². The van der Waals surface area contributed by atoms with Crippen molar-refractivity contribution in [2.75, 3.05) is 45.9 Å². The Hall–Kier alpha value is -1.30. The van der Waals surface area contributed by atoms with Crippen molar-refractivity contribution < 1.29 is 9.53 Å². The number of ether oxygens (including phenoxy) is 1. The zero-order chi connectivity index (χ0) is 16.1. The molecule has 0 aliphatic carbocycles. The number of nitrogens with zero attached hydrogens (tertiary/aromatic N) is 2. The van der Waals surface area contributed by atoms with E-state index < -0.39 is 0 Å². The number of hydrogen-bond acceptors (Lipinski definition) is 4. The maximum atomic E-state index is 12.4. The van der Waals surface area contributed by atoms with Crippen molar-refractivity contribution in [1.82, 2.24) is 15.1 Å². The topological polar surface area (TPSA) is 44.8 Å². The van der Waals surface area contributed by atoms with Gasteiger partial charge in [-0.25, -0.2) is 0 Å². The molecule has 1 aromatic rings. The Labute approximate surface area is 150 Å². The normalized spacial score (nSPS) is 21.4. The minimum atomic E-state index is 0. The van der Waals surface area contributed by atoms with Crippen LogP contribution in [0, 0.1) is 0 Å². The van der Waals surface area contributed by atoms with Gasteiger partial charge in [-0.15, -0.1) is 12.4 Å². The van der Waals surface area contributed by atoms with Gasteiger partial charge in [0.25, 0.3) is 5.91 Å². The molecule has 1 N–H and O–H groups in total. The lowest BCUT2D eigenvalue weighted by Crippen LogP contribution is -2.49. The molecule has 0 saturated carbocycles. The van der Waals surface area contributed by atoms with Crippen molar-refractivity contribution in [2.24, 2.45) is 0 Å². The van der Waals surface area contributed by atoms with Gasteiger partial charge in [-0.1, -0.05) is 25.1 Å². The number of halogens is 1. The number of amides is 1. The average Bonchev–Trinajstić information content (AvgIpc) is 3.11. The molecule has 0 bridgehead atoms. The van der Waals surface area contributed by atoms with E-state index in [0.717, 1.165) is 63.4 Å².